The van der Waals surface area contributed by atoms with Crippen molar-refractivity contribution in [2.75, 3.05) is 13.1 Å². The van der Waals surface area contributed by atoms with Gasteiger partial charge in [0.2, 0.25) is 5.82 Å². The molecule has 29 heavy (non-hydrogen) atoms. The summed E-state index contributed by atoms with van der Waals surface area (Å²) in [6.45, 7) is 1.31. The first-order chi connectivity index (χ1) is 13.9. The molecule has 0 saturated carbocycles. The third kappa shape index (κ3) is 4.42. The average molecular weight is 420 g/mol. The van der Waals surface area contributed by atoms with E-state index in [9.17, 15) is 18.0 Å². The van der Waals surface area contributed by atoms with Gasteiger partial charge in [0.05, 0.1) is 0 Å². The highest BCUT2D eigenvalue weighted by Crippen LogP contribution is 2.33. The van der Waals surface area contributed by atoms with Crippen LogP contribution in [0.4, 0.5) is 13.2 Å². The second-order valence-electron chi connectivity index (χ2n) is 6.46. The van der Waals surface area contributed by atoms with Crippen LogP contribution in [0, 0.1) is 0 Å². The van der Waals surface area contributed by atoms with Gasteiger partial charge in [0.25, 0.3) is 5.91 Å². The van der Waals surface area contributed by atoms with Crippen LogP contribution < -0.4 is 0 Å². The summed E-state index contributed by atoms with van der Waals surface area (Å²) in [6.07, 6.45) is -0.608. The highest BCUT2D eigenvalue weighted by Gasteiger charge is 2.38. The van der Waals surface area contributed by atoms with Crippen molar-refractivity contribution >= 4 is 17.7 Å². The fourth-order valence-corrected chi connectivity index (χ4v) is 4.17. The molecule has 0 radical (unpaired) electrons. The topological polar surface area (TPSA) is 72.1 Å². The van der Waals surface area contributed by atoms with Gasteiger partial charge in [-0.15, -0.1) is 11.8 Å². The van der Waals surface area contributed by atoms with E-state index in [2.05, 4.69) is 19.6 Å². The fraction of sp³-hybridized carbons (Fsp3) is 0.263. The molecule has 6 nitrogen and oxygen atoms in total. The van der Waals surface area contributed by atoms with Crippen molar-refractivity contribution in [3.63, 3.8) is 0 Å². The molecule has 1 aliphatic rings. The zero-order chi connectivity index (χ0) is 20.4. The van der Waals surface area contributed by atoms with E-state index in [4.69, 9.17) is 0 Å². The van der Waals surface area contributed by atoms with Gasteiger partial charge in [-0.25, -0.2) is 0 Å². The van der Waals surface area contributed by atoms with Crippen LogP contribution in [0.1, 0.15) is 22.7 Å². The Morgan fingerprint density at radius 3 is 2.52 bits per heavy atom. The van der Waals surface area contributed by atoms with Gasteiger partial charge in [0.15, 0.2) is 0 Å². The molecule has 1 amide bonds. The number of hydrogen-bond acceptors (Lipinski definition) is 6. The van der Waals surface area contributed by atoms with E-state index in [1.165, 1.54) is 0 Å². The van der Waals surface area contributed by atoms with E-state index in [0.29, 0.717) is 24.2 Å². The quantitative estimate of drug-likeness (QED) is 0.631. The summed E-state index contributed by atoms with van der Waals surface area (Å²) in [5.74, 6) is -1.48. The van der Waals surface area contributed by atoms with Crippen molar-refractivity contribution in [1.82, 2.24) is 20.0 Å². The van der Waals surface area contributed by atoms with Gasteiger partial charge in [-0.1, -0.05) is 5.16 Å². The second-order valence-corrected chi connectivity index (χ2v) is 7.83. The molecule has 0 bridgehead atoms. The molecular formula is C19H15F3N4O2S. The van der Waals surface area contributed by atoms with Gasteiger partial charge in [-0.2, -0.15) is 18.2 Å². The number of thioether (sulfide) groups is 1. The smallest absolute Gasteiger partial charge is 0.337 e. The van der Waals surface area contributed by atoms with Crippen LogP contribution in [0.3, 0.4) is 0 Å². The lowest BCUT2D eigenvalue weighted by molar-refractivity contribution is -0.159. The number of hydrogen-bond donors (Lipinski definition) is 0. The van der Waals surface area contributed by atoms with Crippen LogP contribution >= 0.6 is 11.8 Å². The average Bonchev–Trinajstić information content (AvgIpc) is 3.38. The number of carbonyl (C=O) groups excluding carboxylic acids is 1. The predicted octanol–water partition coefficient (Wildman–Crippen LogP) is 4.16. The van der Waals surface area contributed by atoms with Crippen LogP contribution in [0.25, 0.3) is 11.4 Å². The minimum atomic E-state index is -4.66. The van der Waals surface area contributed by atoms with Gasteiger partial charge in [-0.05, 0) is 42.8 Å². The summed E-state index contributed by atoms with van der Waals surface area (Å²) < 4.78 is 42.0. The summed E-state index contributed by atoms with van der Waals surface area (Å²) in [5.41, 5.74) is 1.06. The van der Waals surface area contributed by atoms with Gasteiger partial charge >= 0.3 is 12.1 Å². The number of benzene rings is 1. The molecule has 10 heteroatoms. The molecule has 4 rings (SSSR count). The molecule has 1 saturated heterocycles. The summed E-state index contributed by atoms with van der Waals surface area (Å²) in [6, 6.07) is 10.3. The molecule has 1 unspecified atom stereocenters. The molecule has 3 heterocycles. The lowest BCUT2D eigenvalue weighted by Crippen LogP contribution is -2.29. The number of pyridine rings is 1. The first kappa shape index (κ1) is 19.4. The Labute approximate surface area is 168 Å². The number of likely N-dealkylation sites (tertiary alicyclic amines) is 1. The lowest BCUT2D eigenvalue weighted by Gasteiger charge is -2.16. The molecule has 150 valence electrons. The van der Waals surface area contributed by atoms with Gasteiger partial charge in [-0.3, -0.25) is 9.78 Å². The van der Waals surface area contributed by atoms with Crippen LogP contribution in [-0.4, -0.2) is 44.3 Å². The molecular weight excluding hydrogens is 405 g/mol. The monoisotopic (exact) mass is 420 g/mol. The molecule has 1 fully saturated rings. The normalized spacial score (nSPS) is 16.9. The Morgan fingerprint density at radius 2 is 1.86 bits per heavy atom. The number of carbonyl (C=O) groups is 1. The Morgan fingerprint density at radius 1 is 1.14 bits per heavy atom. The number of rotatable bonds is 4. The second kappa shape index (κ2) is 7.86. The maximum atomic E-state index is 12.6. The van der Waals surface area contributed by atoms with E-state index in [1.54, 1.807) is 60.6 Å². The highest BCUT2D eigenvalue weighted by molar-refractivity contribution is 8.00. The zero-order valence-corrected chi connectivity index (χ0v) is 15.8. The summed E-state index contributed by atoms with van der Waals surface area (Å²) >= 11 is 1.63. The molecule has 0 N–H and O–H groups in total. The van der Waals surface area contributed by atoms with Crippen molar-refractivity contribution in [2.24, 2.45) is 0 Å². The van der Waals surface area contributed by atoms with E-state index >= 15 is 0 Å². The largest absolute Gasteiger partial charge is 0.471 e. The number of halogens is 3. The van der Waals surface area contributed by atoms with Gasteiger partial charge < -0.3 is 9.42 Å². The first-order valence-corrected chi connectivity index (χ1v) is 9.65. The predicted molar refractivity (Wildman–Crippen MR) is 99.1 cm³/mol. The summed E-state index contributed by atoms with van der Waals surface area (Å²) in [4.78, 5) is 22.6. The van der Waals surface area contributed by atoms with Gasteiger partial charge in [0.1, 0.15) is 0 Å². The van der Waals surface area contributed by atoms with Crippen molar-refractivity contribution in [1.29, 1.82) is 0 Å². The molecule has 3 aromatic rings. The van der Waals surface area contributed by atoms with Gasteiger partial charge in [0, 0.05) is 46.8 Å². The fourth-order valence-electron chi connectivity index (χ4n) is 3.02. The number of aromatic nitrogens is 3. The van der Waals surface area contributed by atoms with Crippen molar-refractivity contribution in [2.45, 2.75) is 22.7 Å². The number of alkyl halides is 3. The molecule has 2 aromatic heterocycles. The van der Waals surface area contributed by atoms with Crippen LogP contribution in [0.15, 0.2) is 58.2 Å². The SMILES string of the molecule is O=C(c1ccncc1)N1CCC(Sc2ccc(-c3noc(C(F)(F)F)n3)cc2)C1. The van der Waals surface area contributed by atoms with Crippen molar-refractivity contribution < 1.29 is 22.5 Å². The maximum absolute atomic E-state index is 12.6. The van der Waals surface area contributed by atoms with E-state index in [-0.39, 0.29) is 17.0 Å². The standard InChI is InChI=1S/C19H15F3N4O2S/c20-19(21,22)18-24-16(25-28-18)12-1-3-14(4-2-12)29-15-7-10-26(11-15)17(27)13-5-8-23-9-6-13/h1-6,8-9,15H,7,10-11H2. The summed E-state index contributed by atoms with van der Waals surface area (Å²) in [7, 11) is 0. The lowest BCUT2D eigenvalue weighted by atomic mass is 10.2. The van der Waals surface area contributed by atoms with E-state index in [0.717, 1.165) is 11.3 Å². The van der Waals surface area contributed by atoms with Crippen LogP contribution in [-0.2, 0) is 6.18 Å². The molecule has 1 aliphatic heterocycles. The number of nitrogens with zero attached hydrogens (tertiary/aromatic N) is 4. The first-order valence-electron chi connectivity index (χ1n) is 8.77. The Bertz CT molecular complexity index is 993. The number of amides is 1. The highest BCUT2D eigenvalue weighted by atomic mass is 32.2. The van der Waals surface area contributed by atoms with Crippen molar-refractivity contribution in [3.05, 3.63) is 60.2 Å². The summed E-state index contributed by atoms with van der Waals surface area (Å²) in [5, 5.41) is 3.63. The van der Waals surface area contributed by atoms with Crippen molar-refractivity contribution in [3.8, 4) is 11.4 Å². The van der Waals surface area contributed by atoms with Crippen LogP contribution in [0.5, 0.6) is 0 Å². The minimum Gasteiger partial charge on any atom is -0.337 e. The van der Waals surface area contributed by atoms with Crippen LogP contribution in [0.2, 0.25) is 0 Å². The Balaban J connectivity index is 1.37. The van der Waals surface area contributed by atoms with E-state index < -0.39 is 12.1 Å². The third-order valence-corrected chi connectivity index (χ3v) is 5.71. The molecule has 1 aromatic carbocycles. The molecule has 0 aliphatic carbocycles. The molecule has 0 spiro atoms. The Hall–Kier alpha value is -2.88. The molecule has 1 atom stereocenters. The maximum Gasteiger partial charge on any atom is 0.471 e. The third-order valence-electron chi connectivity index (χ3n) is 4.44. The van der Waals surface area contributed by atoms with E-state index in [1.807, 2.05) is 4.90 Å². The minimum absolute atomic E-state index is 0.0107. The zero-order valence-electron chi connectivity index (χ0n) is 15.0. The Kier molecular flexibility index (Phi) is 5.27.